The molecule has 0 aliphatic heterocycles. The molecule has 1 aliphatic carbocycles. The van der Waals surface area contributed by atoms with E-state index in [1.165, 1.54) is 18.2 Å². The molecule has 24 heavy (non-hydrogen) atoms. The highest BCUT2D eigenvalue weighted by atomic mass is 35.5. The van der Waals surface area contributed by atoms with Crippen molar-refractivity contribution in [2.75, 3.05) is 0 Å². The van der Waals surface area contributed by atoms with Gasteiger partial charge in [-0.25, -0.2) is 0 Å². The van der Waals surface area contributed by atoms with E-state index in [2.05, 4.69) is 5.32 Å². The molecule has 0 unspecified atom stereocenters. The van der Waals surface area contributed by atoms with Crippen molar-refractivity contribution in [3.05, 3.63) is 73.8 Å². The van der Waals surface area contributed by atoms with Gasteiger partial charge in [-0.15, -0.1) is 0 Å². The lowest BCUT2D eigenvalue weighted by molar-refractivity contribution is -0.385. The Kier molecular flexibility index (Phi) is 4.73. The van der Waals surface area contributed by atoms with Crippen molar-refractivity contribution in [3.63, 3.8) is 0 Å². The maximum atomic E-state index is 12.4. The van der Waals surface area contributed by atoms with E-state index in [9.17, 15) is 14.9 Å². The number of nitrogens with one attached hydrogen (secondary N) is 1. The molecule has 2 aromatic carbocycles. The number of hydrogen-bond donors (Lipinski definition) is 1. The lowest BCUT2D eigenvalue weighted by Gasteiger charge is -2.38. The number of nitro groups is 1. The van der Waals surface area contributed by atoms with Crippen molar-refractivity contribution >= 4 is 34.8 Å². The molecule has 0 radical (unpaired) electrons. The monoisotopic (exact) mass is 364 g/mol. The highest BCUT2D eigenvalue weighted by molar-refractivity contribution is 6.36. The number of hydrogen-bond acceptors (Lipinski definition) is 3. The van der Waals surface area contributed by atoms with E-state index in [0.29, 0.717) is 10.0 Å². The van der Waals surface area contributed by atoms with Crippen LogP contribution < -0.4 is 5.32 Å². The summed E-state index contributed by atoms with van der Waals surface area (Å²) in [6, 6.07) is 11.1. The fourth-order valence-electron chi connectivity index (χ4n) is 2.95. The average molecular weight is 365 g/mol. The Bertz CT molecular complexity index is 790. The molecule has 1 aliphatic rings. The lowest BCUT2D eigenvalue weighted by Crippen LogP contribution is -2.45. The average Bonchev–Trinajstić information content (AvgIpc) is 2.54. The van der Waals surface area contributed by atoms with Crippen LogP contribution in [-0.2, 0) is 0 Å². The fourth-order valence-corrected chi connectivity index (χ4v) is 3.63. The standard InChI is InChI=1S/C17H14Cl2N2O3/c18-12-5-3-6-13(19)16(12)10-8-9-14(10)20-17(22)11-4-1-2-7-15(11)21(23)24/h1-7,10,14H,8-9H2,(H,20,22)/t10-,14+/m0/s1. The molecule has 0 aromatic heterocycles. The first kappa shape index (κ1) is 16.7. The molecule has 0 spiro atoms. The summed E-state index contributed by atoms with van der Waals surface area (Å²) in [5, 5.41) is 15.1. The van der Waals surface area contributed by atoms with Crippen molar-refractivity contribution in [1.29, 1.82) is 0 Å². The van der Waals surface area contributed by atoms with E-state index >= 15 is 0 Å². The molecule has 2 aromatic rings. The van der Waals surface area contributed by atoms with Crippen molar-refractivity contribution < 1.29 is 9.72 Å². The third-order valence-electron chi connectivity index (χ3n) is 4.31. The smallest absolute Gasteiger partial charge is 0.282 e. The largest absolute Gasteiger partial charge is 0.348 e. The molecule has 2 atom stereocenters. The van der Waals surface area contributed by atoms with E-state index < -0.39 is 10.8 Å². The zero-order valence-corrected chi connectivity index (χ0v) is 14.1. The van der Waals surface area contributed by atoms with Crippen LogP contribution in [0.2, 0.25) is 10.0 Å². The first-order valence-electron chi connectivity index (χ1n) is 7.47. The molecule has 0 heterocycles. The van der Waals surface area contributed by atoms with E-state index in [4.69, 9.17) is 23.2 Å². The SMILES string of the molecule is O=C(N[C@@H]1CC[C@@H]1c1c(Cl)cccc1Cl)c1ccccc1[N+](=O)[O-]. The normalized spacial score (nSPS) is 19.4. The van der Waals surface area contributed by atoms with Crippen LogP contribution in [0, 0.1) is 10.1 Å². The summed E-state index contributed by atoms with van der Waals surface area (Å²) in [5.74, 6) is -0.446. The Morgan fingerprint density at radius 2 is 1.75 bits per heavy atom. The fraction of sp³-hybridized carbons (Fsp3) is 0.235. The zero-order valence-electron chi connectivity index (χ0n) is 12.5. The van der Waals surface area contributed by atoms with Crippen LogP contribution in [0.1, 0.15) is 34.7 Å². The van der Waals surface area contributed by atoms with Crippen LogP contribution in [0.3, 0.4) is 0 Å². The predicted octanol–water partition coefficient (Wildman–Crippen LogP) is 4.58. The molecule has 3 rings (SSSR count). The maximum Gasteiger partial charge on any atom is 0.282 e. The van der Waals surface area contributed by atoms with Gasteiger partial charge in [0.1, 0.15) is 5.56 Å². The Morgan fingerprint density at radius 3 is 2.33 bits per heavy atom. The second-order valence-corrected chi connectivity index (χ2v) is 6.49. The summed E-state index contributed by atoms with van der Waals surface area (Å²) in [5.41, 5.74) is 0.667. The second kappa shape index (κ2) is 6.79. The Labute approximate surface area is 148 Å². The van der Waals surface area contributed by atoms with Crippen molar-refractivity contribution in [1.82, 2.24) is 5.32 Å². The molecule has 1 N–H and O–H groups in total. The summed E-state index contributed by atoms with van der Waals surface area (Å²) in [6.07, 6.45) is 1.63. The first-order chi connectivity index (χ1) is 11.5. The van der Waals surface area contributed by atoms with Crippen LogP contribution in [0.25, 0.3) is 0 Å². The summed E-state index contributed by atoms with van der Waals surface area (Å²) in [7, 11) is 0. The molecule has 1 amide bonds. The summed E-state index contributed by atoms with van der Waals surface area (Å²) in [4.78, 5) is 22.9. The van der Waals surface area contributed by atoms with Gasteiger partial charge in [-0.1, -0.05) is 41.4 Å². The van der Waals surface area contributed by atoms with Crippen LogP contribution in [0.15, 0.2) is 42.5 Å². The van der Waals surface area contributed by atoms with Gasteiger partial charge >= 0.3 is 0 Å². The molecule has 1 fully saturated rings. The highest BCUT2D eigenvalue weighted by Gasteiger charge is 2.36. The van der Waals surface area contributed by atoms with Gasteiger partial charge in [0.25, 0.3) is 11.6 Å². The second-order valence-electron chi connectivity index (χ2n) is 5.67. The van der Waals surface area contributed by atoms with Crippen molar-refractivity contribution in [2.24, 2.45) is 0 Å². The minimum Gasteiger partial charge on any atom is -0.348 e. The van der Waals surface area contributed by atoms with E-state index in [1.807, 2.05) is 0 Å². The van der Waals surface area contributed by atoms with Gasteiger partial charge in [0.2, 0.25) is 0 Å². The first-order valence-corrected chi connectivity index (χ1v) is 8.23. The number of nitrogens with zero attached hydrogens (tertiary/aromatic N) is 1. The van der Waals surface area contributed by atoms with Gasteiger partial charge < -0.3 is 5.32 Å². The molecule has 124 valence electrons. The van der Waals surface area contributed by atoms with Crippen LogP contribution in [-0.4, -0.2) is 16.9 Å². The van der Waals surface area contributed by atoms with Crippen LogP contribution in [0.5, 0.6) is 0 Å². The number of amides is 1. The topological polar surface area (TPSA) is 72.2 Å². The molecule has 1 saturated carbocycles. The van der Waals surface area contributed by atoms with Crippen LogP contribution in [0.4, 0.5) is 5.69 Å². The Morgan fingerprint density at radius 1 is 1.08 bits per heavy atom. The number of halogens is 2. The van der Waals surface area contributed by atoms with Gasteiger partial charge in [-0.05, 0) is 36.6 Å². The molecule has 7 heteroatoms. The summed E-state index contributed by atoms with van der Waals surface area (Å²) in [6.45, 7) is 0. The zero-order chi connectivity index (χ0) is 17.3. The van der Waals surface area contributed by atoms with Gasteiger partial charge in [-0.3, -0.25) is 14.9 Å². The summed E-state index contributed by atoms with van der Waals surface area (Å²) >= 11 is 12.5. The summed E-state index contributed by atoms with van der Waals surface area (Å²) < 4.78 is 0. The number of benzene rings is 2. The van der Waals surface area contributed by atoms with Crippen LogP contribution >= 0.6 is 23.2 Å². The van der Waals surface area contributed by atoms with Gasteiger partial charge in [-0.2, -0.15) is 0 Å². The quantitative estimate of drug-likeness (QED) is 0.637. The number of para-hydroxylation sites is 1. The molecular formula is C17H14Cl2N2O3. The predicted molar refractivity (Wildman–Crippen MR) is 92.8 cm³/mol. The molecule has 0 bridgehead atoms. The molecular weight excluding hydrogens is 351 g/mol. The third-order valence-corrected chi connectivity index (χ3v) is 4.97. The maximum absolute atomic E-state index is 12.4. The Balaban J connectivity index is 1.80. The van der Waals surface area contributed by atoms with Gasteiger partial charge in [0, 0.05) is 28.1 Å². The van der Waals surface area contributed by atoms with E-state index in [0.717, 1.165) is 18.4 Å². The van der Waals surface area contributed by atoms with Crippen molar-refractivity contribution in [3.8, 4) is 0 Å². The van der Waals surface area contributed by atoms with E-state index in [-0.39, 0.29) is 23.2 Å². The number of nitro benzene ring substituents is 1. The molecule has 0 saturated heterocycles. The number of rotatable bonds is 4. The van der Waals surface area contributed by atoms with Gasteiger partial charge in [0.15, 0.2) is 0 Å². The lowest BCUT2D eigenvalue weighted by atomic mass is 9.75. The van der Waals surface area contributed by atoms with Gasteiger partial charge in [0.05, 0.1) is 4.92 Å². The number of carbonyl (C=O) groups excluding carboxylic acids is 1. The Hall–Kier alpha value is -2.11. The highest BCUT2D eigenvalue weighted by Crippen LogP contribution is 2.43. The minimum absolute atomic E-state index is 0.0120. The molecule has 5 nitrogen and oxygen atoms in total. The number of carbonyl (C=O) groups is 1. The third kappa shape index (κ3) is 3.09. The van der Waals surface area contributed by atoms with Crippen molar-refractivity contribution in [2.45, 2.75) is 24.8 Å². The van der Waals surface area contributed by atoms with E-state index in [1.54, 1.807) is 24.3 Å². The minimum atomic E-state index is -0.557.